The predicted octanol–water partition coefficient (Wildman–Crippen LogP) is 2.77. The molecule has 0 radical (unpaired) electrons. The second-order valence-corrected chi connectivity index (χ2v) is 6.30. The summed E-state index contributed by atoms with van der Waals surface area (Å²) in [5.74, 6) is 0.0925. The summed E-state index contributed by atoms with van der Waals surface area (Å²) in [6, 6.07) is 9.96. The zero-order valence-corrected chi connectivity index (χ0v) is 12.4. The maximum Gasteiger partial charge on any atom is 0.410 e. The Morgan fingerprint density at radius 1 is 1.30 bits per heavy atom. The van der Waals surface area contributed by atoms with Crippen LogP contribution in [0.1, 0.15) is 38.7 Å². The first-order valence-electron chi connectivity index (χ1n) is 7.08. The van der Waals surface area contributed by atoms with Crippen molar-refractivity contribution in [1.29, 1.82) is 0 Å². The van der Waals surface area contributed by atoms with E-state index in [1.54, 1.807) is 4.90 Å². The first kappa shape index (κ1) is 14.9. The van der Waals surface area contributed by atoms with Crippen LogP contribution in [0.5, 0.6) is 0 Å². The molecule has 4 heteroatoms. The molecule has 1 aromatic carbocycles. The standard InChI is InChI=1S/C16H23NO3/c1-16(2,3)20-15(19)17-10-9-13(14(18)11-17)12-7-5-4-6-8-12/h4-8,13-14,18H,9-11H2,1-3H3/t13-,14+/m0/s1. The van der Waals surface area contributed by atoms with Crippen LogP contribution in [0, 0.1) is 0 Å². The fourth-order valence-electron chi connectivity index (χ4n) is 2.51. The number of rotatable bonds is 1. The molecule has 20 heavy (non-hydrogen) atoms. The monoisotopic (exact) mass is 277 g/mol. The number of amides is 1. The summed E-state index contributed by atoms with van der Waals surface area (Å²) in [4.78, 5) is 13.6. The Balaban J connectivity index is 1.97. The van der Waals surface area contributed by atoms with Gasteiger partial charge in [-0.3, -0.25) is 0 Å². The lowest BCUT2D eigenvalue weighted by Crippen LogP contribution is -2.47. The lowest BCUT2D eigenvalue weighted by atomic mass is 9.87. The summed E-state index contributed by atoms with van der Waals surface area (Å²) in [6.45, 7) is 6.48. The molecule has 110 valence electrons. The normalized spacial score (nSPS) is 23.5. The molecule has 1 saturated heterocycles. The topological polar surface area (TPSA) is 49.8 Å². The maximum atomic E-state index is 12.0. The molecule has 1 amide bonds. The average Bonchev–Trinajstić information content (AvgIpc) is 2.37. The number of carbonyl (C=O) groups excluding carboxylic acids is 1. The number of benzene rings is 1. The Hall–Kier alpha value is -1.55. The molecule has 1 aliphatic heterocycles. The Kier molecular flexibility index (Phi) is 4.33. The number of hydrogen-bond donors (Lipinski definition) is 1. The molecule has 0 saturated carbocycles. The van der Waals surface area contributed by atoms with Gasteiger partial charge in [0, 0.05) is 12.5 Å². The molecular formula is C16H23NO3. The largest absolute Gasteiger partial charge is 0.444 e. The Morgan fingerprint density at radius 3 is 2.50 bits per heavy atom. The van der Waals surface area contributed by atoms with Crippen LogP contribution in [0.3, 0.4) is 0 Å². The highest BCUT2D eigenvalue weighted by Crippen LogP contribution is 2.28. The first-order valence-corrected chi connectivity index (χ1v) is 7.08. The van der Waals surface area contributed by atoms with E-state index in [0.717, 1.165) is 12.0 Å². The van der Waals surface area contributed by atoms with Gasteiger partial charge in [0.15, 0.2) is 0 Å². The Labute approximate surface area is 120 Å². The van der Waals surface area contributed by atoms with E-state index < -0.39 is 11.7 Å². The van der Waals surface area contributed by atoms with Crippen molar-refractivity contribution < 1.29 is 14.6 Å². The third-order valence-electron chi connectivity index (χ3n) is 3.46. The van der Waals surface area contributed by atoms with Crippen LogP contribution in [0.15, 0.2) is 30.3 Å². The maximum absolute atomic E-state index is 12.0. The second kappa shape index (κ2) is 5.83. The van der Waals surface area contributed by atoms with E-state index >= 15 is 0 Å². The molecule has 0 aliphatic carbocycles. The third-order valence-corrected chi connectivity index (χ3v) is 3.46. The van der Waals surface area contributed by atoms with Gasteiger partial charge in [0.25, 0.3) is 0 Å². The van der Waals surface area contributed by atoms with Crippen LogP contribution in [0.4, 0.5) is 4.79 Å². The minimum atomic E-state index is -0.543. The predicted molar refractivity (Wildman–Crippen MR) is 77.6 cm³/mol. The van der Waals surface area contributed by atoms with Gasteiger partial charge in [-0.2, -0.15) is 0 Å². The fraction of sp³-hybridized carbons (Fsp3) is 0.562. The number of hydrogen-bond acceptors (Lipinski definition) is 3. The van der Waals surface area contributed by atoms with Crippen molar-refractivity contribution in [2.24, 2.45) is 0 Å². The summed E-state index contributed by atoms with van der Waals surface area (Å²) in [5, 5.41) is 10.3. The zero-order valence-electron chi connectivity index (χ0n) is 12.4. The molecule has 2 rings (SSSR count). The van der Waals surface area contributed by atoms with Crippen molar-refractivity contribution in [2.75, 3.05) is 13.1 Å². The number of aliphatic hydroxyl groups is 1. The zero-order chi connectivity index (χ0) is 14.8. The molecule has 1 fully saturated rings. The molecule has 2 atom stereocenters. The van der Waals surface area contributed by atoms with E-state index in [2.05, 4.69) is 0 Å². The highest BCUT2D eigenvalue weighted by molar-refractivity contribution is 5.68. The molecule has 0 spiro atoms. The van der Waals surface area contributed by atoms with Crippen molar-refractivity contribution >= 4 is 6.09 Å². The molecule has 1 aliphatic rings. The Morgan fingerprint density at radius 2 is 1.95 bits per heavy atom. The molecular weight excluding hydrogens is 254 g/mol. The van der Waals surface area contributed by atoms with Gasteiger partial charge in [-0.25, -0.2) is 4.79 Å². The number of piperidine rings is 1. The number of carbonyl (C=O) groups is 1. The van der Waals surface area contributed by atoms with Gasteiger partial charge in [0.2, 0.25) is 0 Å². The average molecular weight is 277 g/mol. The van der Waals surface area contributed by atoms with Crippen LogP contribution in [-0.2, 0) is 4.74 Å². The van der Waals surface area contributed by atoms with Crippen LogP contribution in [0.2, 0.25) is 0 Å². The highest BCUT2D eigenvalue weighted by atomic mass is 16.6. The summed E-state index contributed by atoms with van der Waals surface area (Å²) in [7, 11) is 0. The van der Waals surface area contributed by atoms with Crippen molar-refractivity contribution in [3.8, 4) is 0 Å². The minimum absolute atomic E-state index is 0.0925. The van der Waals surface area contributed by atoms with Gasteiger partial charge in [-0.1, -0.05) is 30.3 Å². The van der Waals surface area contributed by atoms with E-state index in [1.165, 1.54) is 0 Å². The van der Waals surface area contributed by atoms with Gasteiger partial charge in [0.05, 0.1) is 12.6 Å². The summed E-state index contributed by atoms with van der Waals surface area (Å²) in [6.07, 6.45) is -0.133. The molecule has 1 N–H and O–H groups in total. The molecule has 1 aromatic rings. The first-order chi connectivity index (χ1) is 9.37. The van der Waals surface area contributed by atoms with Crippen LogP contribution in [-0.4, -0.2) is 40.9 Å². The number of β-amino-alcohol motifs (C(OH)–C–C–N with tert-alkyl or cyclic N) is 1. The smallest absolute Gasteiger partial charge is 0.410 e. The number of nitrogens with zero attached hydrogens (tertiary/aromatic N) is 1. The molecule has 4 nitrogen and oxygen atoms in total. The van der Waals surface area contributed by atoms with E-state index in [4.69, 9.17) is 4.74 Å². The minimum Gasteiger partial charge on any atom is -0.444 e. The summed E-state index contributed by atoms with van der Waals surface area (Å²) < 4.78 is 5.34. The van der Waals surface area contributed by atoms with Gasteiger partial charge in [0.1, 0.15) is 5.60 Å². The highest BCUT2D eigenvalue weighted by Gasteiger charge is 2.33. The van der Waals surface area contributed by atoms with Crippen LogP contribution in [0.25, 0.3) is 0 Å². The van der Waals surface area contributed by atoms with E-state index in [-0.39, 0.29) is 12.0 Å². The van der Waals surface area contributed by atoms with Crippen molar-refractivity contribution in [3.05, 3.63) is 35.9 Å². The van der Waals surface area contributed by atoms with E-state index in [9.17, 15) is 9.90 Å². The quantitative estimate of drug-likeness (QED) is 0.858. The fourth-order valence-corrected chi connectivity index (χ4v) is 2.51. The summed E-state index contributed by atoms with van der Waals surface area (Å²) in [5.41, 5.74) is 0.627. The van der Waals surface area contributed by atoms with Crippen molar-refractivity contribution in [2.45, 2.75) is 44.8 Å². The van der Waals surface area contributed by atoms with E-state index in [0.29, 0.717) is 13.1 Å². The van der Waals surface area contributed by atoms with Crippen molar-refractivity contribution in [3.63, 3.8) is 0 Å². The second-order valence-electron chi connectivity index (χ2n) is 6.30. The van der Waals surface area contributed by atoms with Crippen molar-refractivity contribution in [1.82, 2.24) is 4.90 Å². The third kappa shape index (κ3) is 3.73. The van der Waals surface area contributed by atoms with Gasteiger partial charge in [-0.15, -0.1) is 0 Å². The number of aliphatic hydroxyl groups excluding tert-OH is 1. The van der Waals surface area contributed by atoms with Gasteiger partial charge in [-0.05, 0) is 32.8 Å². The Bertz CT molecular complexity index is 453. The molecule has 0 unspecified atom stereocenters. The SMILES string of the molecule is CC(C)(C)OC(=O)N1CC[C@@H](c2ccccc2)[C@H](O)C1. The number of likely N-dealkylation sites (tertiary alicyclic amines) is 1. The lowest BCUT2D eigenvalue weighted by Gasteiger charge is -2.36. The molecule has 0 bridgehead atoms. The van der Waals surface area contributed by atoms with Gasteiger partial charge < -0.3 is 14.7 Å². The molecule has 0 aromatic heterocycles. The molecule has 1 heterocycles. The lowest BCUT2D eigenvalue weighted by molar-refractivity contribution is -0.00151. The van der Waals surface area contributed by atoms with Gasteiger partial charge >= 0.3 is 6.09 Å². The summed E-state index contributed by atoms with van der Waals surface area (Å²) >= 11 is 0. The van der Waals surface area contributed by atoms with Crippen LogP contribution >= 0.6 is 0 Å². The van der Waals surface area contributed by atoms with E-state index in [1.807, 2.05) is 51.1 Å². The number of ether oxygens (including phenoxy) is 1. The van der Waals surface area contributed by atoms with Crippen LogP contribution < -0.4 is 0 Å².